The number of ether oxygens (including phenoxy) is 1. The normalized spacial score (nSPS) is 19.6. The van der Waals surface area contributed by atoms with E-state index in [1.54, 1.807) is 26.0 Å². The minimum absolute atomic E-state index is 0.0112. The quantitative estimate of drug-likeness (QED) is 0.285. The largest absolute Gasteiger partial charge is 0.493 e. The first-order chi connectivity index (χ1) is 14.1. The number of Topliss-reactive ketones (excluding diaryl/α,β-unsaturated/α-hetero) is 1. The summed E-state index contributed by atoms with van der Waals surface area (Å²) in [5.41, 5.74) is 0.311. The lowest BCUT2D eigenvalue weighted by molar-refractivity contribution is -0.385. The van der Waals surface area contributed by atoms with Gasteiger partial charge in [0.2, 0.25) is 0 Å². The van der Waals surface area contributed by atoms with Crippen molar-refractivity contribution in [1.29, 1.82) is 0 Å². The maximum absolute atomic E-state index is 12.8. The fourth-order valence-electron chi connectivity index (χ4n) is 3.79. The van der Waals surface area contributed by atoms with Gasteiger partial charge < -0.3 is 4.74 Å². The SMILES string of the molecule is CCCCOc1ccc(CC(=O)C2CCC(CS(=O)(=O)C(C)C)CC2)c([N+](=O)[O-])c1. The summed E-state index contributed by atoms with van der Waals surface area (Å²) in [5, 5.41) is 11.1. The van der Waals surface area contributed by atoms with Crippen LogP contribution in [0.2, 0.25) is 0 Å². The molecule has 0 unspecified atom stereocenters. The third-order valence-electron chi connectivity index (χ3n) is 5.87. The molecule has 0 bridgehead atoms. The maximum Gasteiger partial charge on any atom is 0.276 e. The molecule has 0 aromatic heterocycles. The van der Waals surface area contributed by atoms with Gasteiger partial charge in [-0.1, -0.05) is 13.3 Å². The van der Waals surface area contributed by atoms with Crippen LogP contribution in [0, 0.1) is 22.0 Å². The molecule has 2 rings (SSSR count). The van der Waals surface area contributed by atoms with E-state index in [1.807, 2.05) is 6.92 Å². The average Bonchev–Trinajstić information content (AvgIpc) is 2.69. The van der Waals surface area contributed by atoms with Gasteiger partial charge in [-0.3, -0.25) is 14.9 Å². The molecule has 0 spiro atoms. The van der Waals surface area contributed by atoms with Crippen molar-refractivity contribution < 1.29 is 22.9 Å². The predicted molar refractivity (Wildman–Crippen MR) is 117 cm³/mol. The summed E-state index contributed by atoms with van der Waals surface area (Å²) in [4.78, 5) is 23.8. The molecule has 1 fully saturated rings. The van der Waals surface area contributed by atoms with Crippen molar-refractivity contribution in [2.24, 2.45) is 11.8 Å². The highest BCUT2D eigenvalue weighted by Gasteiger charge is 2.31. The van der Waals surface area contributed by atoms with E-state index < -0.39 is 14.8 Å². The third-order valence-corrected chi connectivity index (χ3v) is 8.25. The number of nitro groups is 1. The summed E-state index contributed by atoms with van der Waals surface area (Å²) in [6, 6.07) is 4.68. The van der Waals surface area contributed by atoms with E-state index in [4.69, 9.17) is 4.74 Å². The Morgan fingerprint density at radius 2 is 1.90 bits per heavy atom. The van der Waals surface area contributed by atoms with Crippen molar-refractivity contribution in [3.8, 4) is 5.75 Å². The van der Waals surface area contributed by atoms with Crippen LogP contribution in [0.1, 0.15) is 64.9 Å². The Bertz CT molecular complexity index is 841. The van der Waals surface area contributed by atoms with Crippen molar-refractivity contribution in [2.75, 3.05) is 12.4 Å². The Kier molecular flexibility index (Phi) is 8.82. The fourth-order valence-corrected chi connectivity index (χ4v) is 5.17. The molecule has 0 amide bonds. The van der Waals surface area contributed by atoms with Crippen LogP contribution in [-0.4, -0.2) is 36.7 Å². The van der Waals surface area contributed by atoms with Crippen LogP contribution in [0.3, 0.4) is 0 Å². The number of nitro benzene ring substituents is 1. The average molecular weight is 440 g/mol. The molecule has 1 aliphatic rings. The van der Waals surface area contributed by atoms with Crippen LogP contribution < -0.4 is 4.74 Å². The third kappa shape index (κ3) is 6.79. The Balaban J connectivity index is 1.97. The molecule has 0 N–H and O–H groups in total. The molecule has 168 valence electrons. The van der Waals surface area contributed by atoms with Crippen LogP contribution in [0.15, 0.2) is 18.2 Å². The molecule has 0 radical (unpaired) electrons. The number of ketones is 1. The topological polar surface area (TPSA) is 104 Å². The van der Waals surface area contributed by atoms with Crippen molar-refractivity contribution in [1.82, 2.24) is 0 Å². The monoisotopic (exact) mass is 439 g/mol. The van der Waals surface area contributed by atoms with E-state index in [2.05, 4.69) is 0 Å². The highest BCUT2D eigenvalue weighted by molar-refractivity contribution is 7.91. The zero-order valence-corrected chi connectivity index (χ0v) is 18.9. The molecule has 0 atom stereocenters. The van der Waals surface area contributed by atoms with Gasteiger partial charge in [0.15, 0.2) is 9.84 Å². The first-order valence-electron chi connectivity index (χ1n) is 10.8. The van der Waals surface area contributed by atoms with Gasteiger partial charge in [0.05, 0.1) is 28.6 Å². The van der Waals surface area contributed by atoms with Gasteiger partial charge in [0.25, 0.3) is 5.69 Å². The van der Waals surface area contributed by atoms with Gasteiger partial charge in [0.1, 0.15) is 11.5 Å². The molecule has 1 saturated carbocycles. The van der Waals surface area contributed by atoms with Gasteiger partial charge in [-0.15, -0.1) is 0 Å². The van der Waals surface area contributed by atoms with E-state index in [0.717, 1.165) is 12.8 Å². The van der Waals surface area contributed by atoms with E-state index in [0.29, 0.717) is 43.6 Å². The minimum Gasteiger partial charge on any atom is -0.493 e. The summed E-state index contributed by atoms with van der Waals surface area (Å²) in [6.07, 6.45) is 4.55. The van der Waals surface area contributed by atoms with E-state index in [1.165, 1.54) is 6.07 Å². The highest BCUT2D eigenvalue weighted by atomic mass is 32.2. The molecule has 30 heavy (non-hydrogen) atoms. The molecule has 0 saturated heterocycles. The lowest BCUT2D eigenvalue weighted by Crippen LogP contribution is -2.29. The number of nitrogens with zero attached hydrogens (tertiary/aromatic N) is 1. The first-order valence-corrected chi connectivity index (χ1v) is 12.5. The molecule has 0 aliphatic heterocycles. The molecular formula is C22H33NO6S. The minimum atomic E-state index is -3.08. The van der Waals surface area contributed by atoms with Crippen LogP contribution in [0.25, 0.3) is 0 Å². The van der Waals surface area contributed by atoms with Crippen LogP contribution in [-0.2, 0) is 21.1 Å². The van der Waals surface area contributed by atoms with Gasteiger partial charge in [-0.05, 0) is 64.0 Å². The van der Waals surface area contributed by atoms with Crippen molar-refractivity contribution >= 4 is 21.3 Å². The second-order valence-electron chi connectivity index (χ2n) is 8.49. The Morgan fingerprint density at radius 3 is 2.47 bits per heavy atom. The van der Waals surface area contributed by atoms with Crippen LogP contribution in [0.4, 0.5) is 5.69 Å². The van der Waals surface area contributed by atoms with Gasteiger partial charge in [0, 0.05) is 17.9 Å². The van der Waals surface area contributed by atoms with Crippen molar-refractivity contribution in [3.63, 3.8) is 0 Å². The summed E-state index contributed by atoms with van der Waals surface area (Å²) < 4.78 is 29.8. The number of hydrogen-bond donors (Lipinski definition) is 0. The number of benzene rings is 1. The van der Waals surface area contributed by atoms with Gasteiger partial charge >= 0.3 is 0 Å². The number of unbranched alkanes of at least 4 members (excludes halogenated alkanes) is 1. The molecular weight excluding hydrogens is 406 g/mol. The number of carbonyl (C=O) groups is 1. The Hall–Kier alpha value is -1.96. The molecule has 8 heteroatoms. The first kappa shape index (κ1) is 24.3. The number of rotatable bonds is 11. The van der Waals surface area contributed by atoms with Gasteiger partial charge in [-0.25, -0.2) is 8.42 Å². The van der Waals surface area contributed by atoms with Gasteiger partial charge in [-0.2, -0.15) is 0 Å². The zero-order chi connectivity index (χ0) is 22.3. The fraction of sp³-hybridized carbons (Fsp3) is 0.682. The van der Waals surface area contributed by atoms with Crippen molar-refractivity contribution in [2.45, 2.75) is 71.0 Å². The molecule has 7 nitrogen and oxygen atoms in total. The Labute approximate surface area is 179 Å². The van der Waals surface area contributed by atoms with E-state index >= 15 is 0 Å². The number of carbonyl (C=O) groups excluding carboxylic acids is 1. The van der Waals surface area contributed by atoms with Crippen LogP contribution in [0.5, 0.6) is 5.75 Å². The lowest BCUT2D eigenvalue weighted by atomic mass is 9.79. The van der Waals surface area contributed by atoms with Crippen molar-refractivity contribution in [3.05, 3.63) is 33.9 Å². The predicted octanol–water partition coefficient (Wildman–Crippen LogP) is 4.51. The van der Waals surface area contributed by atoms with E-state index in [-0.39, 0.29) is 40.7 Å². The van der Waals surface area contributed by atoms with Crippen LogP contribution >= 0.6 is 0 Å². The number of sulfone groups is 1. The lowest BCUT2D eigenvalue weighted by Gasteiger charge is -2.28. The molecule has 1 aromatic carbocycles. The summed E-state index contributed by atoms with van der Waals surface area (Å²) >= 11 is 0. The second-order valence-corrected chi connectivity index (χ2v) is 11.1. The second kappa shape index (κ2) is 10.9. The summed E-state index contributed by atoms with van der Waals surface area (Å²) in [7, 11) is -3.08. The molecule has 1 aromatic rings. The summed E-state index contributed by atoms with van der Waals surface area (Å²) in [5.74, 6) is 0.538. The summed E-state index contributed by atoms with van der Waals surface area (Å²) in [6.45, 7) is 5.92. The molecule has 1 aliphatic carbocycles. The standard InChI is InChI=1S/C22H33NO6S/c1-4-5-12-29-20-11-10-19(21(14-20)23(25)26)13-22(24)18-8-6-17(7-9-18)15-30(27,28)16(2)3/h10-11,14,16-18H,4-9,12-13,15H2,1-3H3. The Morgan fingerprint density at radius 1 is 1.23 bits per heavy atom. The zero-order valence-electron chi connectivity index (χ0n) is 18.1. The van der Waals surface area contributed by atoms with E-state index in [9.17, 15) is 23.3 Å². The smallest absolute Gasteiger partial charge is 0.276 e. The molecule has 0 heterocycles. The highest BCUT2D eigenvalue weighted by Crippen LogP contribution is 2.33. The number of hydrogen-bond acceptors (Lipinski definition) is 6. The maximum atomic E-state index is 12.8.